The number of rotatable bonds is 4. The predicted molar refractivity (Wildman–Crippen MR) is 56.2 cm³/mol. The third-order valence-corrected chi connectivity index (χ3v) is 3.51. The number of thiazole rings is 1. The molecule has 1 aliphatic carbocycles. The van der Waals surface area contributed by atoms with Crippen LogP contribution in [0.4, 0.5) is 0 Å². The summed E-state index contributed by atoms with van der Waals surface area (Å²) in [5.41, 5.74) is 0. The van der Waals surface area contributed by atoms with Gasteiger partial charge in [0, 0.05) is 23.5 Å². The lowest BCUT2D eigenvalue weighted by atomic mass is 9.85. The molecule has 0 atom stereocenters. The Labute approximate surface area is 87.3 Å². The zero-order valence-corrected chi connectivity index (χ0v) is 8.94. The summed E-state index contributed by atoms with van der Waals surface area (Å²) < 4.78 is 0. The molecular weight excluding hydrogens is 204 g/mol. The van der Waals surface area contributed by atoms with Crippen LogP contribution in [-0.4, -0.2) is 16.9 Å². The molecule has 1 saturated carbocycles. The second kappa shape index (κ2) is 4.40. The standard InChI is InChI=1S/C9H13ClN2S/c10-8-3-7(4-8)5-11-6-9-12-1-2-13-9/h1-2,7-8,11H,3-6H2. The monoisotopic (exact) mass is 216 g/mol. The van der Waals surface area contributed by atoms with Crippen LogP contribution in [0.1, 0.15) is 17.8 Å². The van der Waals surface area contributed by atoms with Gasteiger partial charge in [-0.05, 0) is 25.3 Å². The topological polar surface area (TPSA) is 24.9 Å². The van der Waals surface area contributed by atoms with Crippen LogP contribution < -0.4 is 5.32 Å². The van der Waals surface area contributed by atoms with Crippen LogP contribution in [-0.2, 0) is 6.54 Å². The molecule has 0 unspecified atom stereocenters. The fraction of sp³-hybridized carbons (Fsp3) is 0.667. The van der Waals surface area contributed by atoms with E-state index >= 15 is 0 Å². The van der Waals surface area contributed by atoms with Gasteiger partial charge in [-0.15, -0.1) is 22.9 Å². The van der Waals surface area contributed by atoms with Crippen molar-refractivity contribution in [3.63, 3.8) is 0 Å². The van der Waals surface area contributed by atoms with Crippen LogP contribution in [0.2, 0.25) is 0 Å². The molecule has 0 bridgehead atoms. The number of alkyl halides is 1. The lowest BCUT2D eigenvalue weighted by Gasteiger charge is -2.30. The smallest absolute Gasteiger partial charge is 0.106 e. The first-order valence-corrected chi connectivity index (χ1v) is 5.89. The lowest BCUT2D eigenvalue weighted by molar-refractivity contribution is 0.308. The van der Waals surface area contributed by atoms with E-state index in [-0.39, 0.29) is 0 Å². The number of hydrogen-bond acceptors (Lipinski definition) is 3. The van der Waals surface area contributed by atoms with Crippen LogP contribution in [0, 0.1) is 5.92 Å². The molecule has 1 N–H and O–H groups in total. The summed E-state index contributed by atoms with van der Waals surface area (Å²) in [6.45, 7) is 1.99. The van der Waals surface area contributed by atoms with Gasteiger partial charge in [0.05, 0.1) is 0 Å². The van der Waals surface area contributed by atoms with Crippen molar-refractivity contribution in [1.29, 1.82) is 0 Å². The van der Waals surface area contributed by atoms with E-state index in [0.717, 1.165) is 19.0 Å². The fourth-order valence-corrected chi connectivity index (χ4v) is 2.63. The highest BCUT2D eigenvalue weighted by Crippen LogP contribution is 2.31. The van der Waals surface area contributed by atoms with E-state index in [1.807, 2.05) is 11.6 Å². The number of halogens is 1. The Hall–Kier alpha value is -0.120. The van der Waals surface area contributed by atoms with Crippen molar-refractivity contribution in [1.82, 2.24) is 10.3 Å². The van der Waals surface area contributed by atoms with Crippen LogP contribution in [0.15, 0.2) is 11.6 Å². The molecule has 1 aromatic rings. The fourth-order valence-electron chi connectivity index (χ4n) is 1.54. The number of nitrogens with zero attached hydrogens (tertiary/aromatic N) is 1. The molecular formula is C9H13ClN2S. The van der Waals surface area contributed by atoms with Crippen molar-refractivity contribution >= 4 is 22.9 Å². The SMILES string of the molecule is ClC1CC(CNCc2nccs2)C1. The Morgan fingerprint density at radius 3 is 3.08 bits per heavy atom. The molecule has 2 rings (SSSR count). The Balaban J connectivity index is 1.59. The maximum Gasteiger partial charge on any atom is 0.106 e. The molecule has 4 heteroatoms. The van der Waals surface area contributed by atoms with Crippen LogP contribution in [0.3, 0.4) is 0 Å². The Kier molecular flexibility index (Phi) is 3.19. The molecule has 1 heterocycles. The summed E-state index contributed by atoms with van der Waals surface area (Å²) in [4.78, 5) is 4.20. The van der Waals surface area contributed by atoms with Crippen LogP contribution in [0.25, 0.3) is 0 Å². The highest BCUT2D eigenvalue weighted by molar-refractivity contribution is 7.09. The average molecular weight is 217 g/mol. The van der Waals surface area contributed by atoms with E-state index in [1.54, 1.807) is 11.3 Å². The lowest BCUT2D eigenvalue weighted by Crippen LogP contribution is -2.33. The third kappa shape index (κ3) is 2.66. The molecule has 1 aromatic heterocycles. The molecule has 0 radical (unpaired) electrons. The van der Waals surface area contributed by atoms with E-state index < -0.39 is 0 Å². The highest BCUT2D eigenvalue weighted by atomic mass is 35.5. The van der Waals surface area contributed by atoms with Crippen molar-refractivity contribution in [3.8, 4) is 0 Å². The van der Waals surface area contributed by atoms with E-state index in [9.17, 15) is 0 Å². The number of aromatic nitrogens is 1. The molecule has 0 aromatic carbocycles. The van der Waals surface area contributed by atoms with Crippen molar-refractivity contribution in [2.75, 3.05) is 6.54 Å². The van der Waals surface area contributed by atoms with Crippen molar-refractivity contribution in [2.45, 2.75) is 24.8 Å². The molecule has 13 heavy (non-hydrogen) atoms. The number of hydrogen-bond donors (Lipinski definition) is 1. The zero-order valence-electron chi connectivity index (χ0n) is 7.37. The Morgan fingerprint density at radius 1 is 1.62 bits per heavy atom. The van der Waals surface area contributed by atoms with Gasteiger partial charge in [0.25, 0.3) is 0 Å². The maximum atomic E-state index is 5.88. The van der Waals surface area contributed by atoms with Gasteiger partial charge >= 0.3 is 0 Å². The van der Waals surface area contributed by atoms with Gasteiger partial charge in [-0.25, -0.2) is 4.98 Å². The van der Waals surface area contributed by atoms with E-state index in [1.165, 1.54) is 17.8 Å². The second-order valence-corrected chi connectivity index (χ2v) is 5.09. The molecule has 0 aliphatic heterocycles. The van der Waals surface area contributed by atoms with Gasteiger partial charge in [-0.2, -0.15) is 0 Å². The first-order chi connectivity index (χ1) is 6.34. The first kappa shape index (κ1) is 9.44. The molecule has 0 spiro atoms. The number of nitrogens with one attached hydrogen (secondary N) is 1. The molecule has 1 fully saturated rings. The summed E-state index contributed by atoms with van der Waals surface area (Å²) in [6.07, 6.45) is 4.19. The Bertz CT molecular complexity index is 244. The third-order valence-electron chi connectivity index (χ3n) is 2.37. The zero-order chi connectivity index (χ0) is 9.10. The van der Waals surface area contributed by atoms with Crippen LogP contribution in [0.5, 0.6) is 0 Å². The van der Waals surface area contributed by atoms with Gasteiger partial charge in [0.15, 0.2) is 0 Å². The minimum Gasteiger partial charge on any atom is -0.310 e. The van der Waals surface area contributed by atoms with Crippen molar-refractivity contribution < 1.29 is 0 Å². The minimum absolute atomic E-state index is 0.437. The summed E-state index contributed by atoms with van der Waals surface area (Å²) in [5.74, 6) is 0.794. The van der Waals surface area contributed by atoms with E-state index in [4.69, 9.17) is 11.6 Å². The predicted octanol–water partition coefficient (Wildman–Crippen LogP) is 2.25. The maximum absolute atomic E-state index is 5.88. The van der Waals surface area contributed by atoms with E-state index in [0.29, 0.717) is 5.38 Å². The largest absolute Gasteiger partial charge is 0.310 e. The van der Waals surface area contributed by atoms with Crippen LogP contribution >= 0.6 is 22.9 Å². The summed E-state index contributed by atoms with van der Waals surface area (Å²) in [5, 5.41) is 7.01. The highest BCUT2D eigenvalue weighted by Gasteiger charge is 2.26. The molecule has 0 amide bonds. The first-order valence-electron chi connectivity index (χ1n) is 4.58. The molecule has 72 valence electrons. The normalized spacial score (nSPS) is 27.2. The quantitative estimate of drug-likeness (QED) is 0.781. The van der Waals surface area contributed by atoms with Crippen molar-refractivity contribution in [3.05, 3.63) is 16.6 Å². The second-order valence-electron chi connectivity index (χ2n) is 3.49. The Morgan fingerprint density at radius 2 is 2.46 bits per heavy atom. The van der Waals surface area contributed by atoms with Crippen molar-refractivity contribution in [2.24, 2.45) is 5.92 Å². The van der Waals surface area contributed by atoms with Gasteiger partial charge in [0.1, 0.15) is 5.01 Å². The van der Waals surface area contributed by atoms with Gasteiger partial charge in [-0.1, -0.05) is 0 Å². The summed E-state index contributed by atoms with van der Waals surface area (Å²) in [7, 11) is 0. The van der Waals surface area contributed by atoms with Gasteiger partial charge in [0.2, 0.25) is 0 Å². The average Bonchev–Trinajstić information content (AvgIpc) is 2.53. The molecule has 0 saturated heterocycles. The van der Waals surface area contributed by atoms with Gasteiger partial charge < -0.3 is 5.32 Å². The minimum atomic E-state index is 0.437. The molecule has 1 aliphatic rings. The molecule has 2 nitrogen and oxygen atoms in total. The summed E-state index contributed by atoms with van der Waals surface area (Å²) >= 11 is 7.59. The van der Waals surface area contributed by atoms with E-state index in [2.05, 4.69) is 10.3 Å². The summed E-state index contributed by atoms with van der Waals surface area (Å²) in [6, 6.07) is 0. The van der Waals surface area contributed by atoms with Gasteiger partial charge in [-0.3, -0.25) is 0 Å².